The Hall–Kier alpha value is -2.70. The van der Waals surface area contributed by atoms with Gasteiger partial charge in [0.15, 0.2) is 5.69 Å². The van der Waals surface area contributed by atoms with E-state index in [0.717, 1.165) is 11.3 Å². The van der Waals surface area contributed by atoms with Gasteiger partial charge in [-0.1, -0.05) is 61.5 Å². The van der Waals surface area contributed by atoms with Crippen LogP contribution in [0.4, 0.5) is 0 Å². The maximum atomic E-state index is 12.3. The number of carbonyl (C=O) groups is 1. The third-order valence-corrected chi connectivity index (χ3v) is 4.26. The zero-order chi connectivity index (χ0) is 18.5. The molecule has 142 valence electrons. The standard InChI is InChI=1S/C20H23N5O.ClH/c1-14(2)15-8-10-16(11-9-15)18(21)12-22-20(26)19-13-25(24-23-19)17-6-4-3-5-7-17;/h3-11,13-14,18H,12,21H2,1-2H3,(H,22,26);1H. The fraction of sp³-hybridized carbons (Fsp3) is 0.250. The monoisotopic (exact) mass is 385 g/mol. The highest BCUT2D eigenvalue weighted by Crippen LogP contribution is 2.17. The normalized spacial score (nSPS) is 11.7. The van der Waals surface area contributed by atoms with Crippen LogP contribution >= 0.6 is 12.4 Å². The quantitative estimate of drug-likeness (QED) is 0.682. The molecule has 0 aliphatic carbocycles. The largest absolute Gasteiger partial charge is 0.349 e. The maximum Gasteiger partial charge on any atom is 0.273 e. The Morgan fingerprint density at radius 1 is 1.07 bits per heavy atom. The zero-order valence-corrected chi connectivity index (χ0v) is 16.2. The molecular formula is C20H24ClN5O. The van der Waals surface area contributed by atoms with Gasteiger partial charge in [-0.15, -0.1) is 17.5 Å². The topological polar surface area (TPSA) is 85.8 Å². The molecule has 1 unspecified atom stereocenters. The van der Waals surface area contributed by atoms with Crippen LogP contribution in [0.3, 0.4) is 0 Å². The number of amides is 1. The summed E-state index contributed by atoms with van der Waals surface area (Å²) in [6, 6.07) is 17.4. The van der Waals surface area contributed by atoms with E-state index in [1.165, 1.54) is 5.56 Å². The lowest BCUT2D eigenvalue weighted by atomic mass is 9.99. The van der Waals surface area contributed by atoms with Crippen LogP contribution in [0.5, 0.6) is 0 Å². The smallest absolute Gasteiger partial charge is 0.273 e. The second-order valence-corrected chi connectivity index (χ2v) is 6.52. The van der Waals surface area contributed by atoms with E-state index in [1.54, 1.807) is 10.9 Å². The van der Waals surface area contributed by atoms with Gasteiger partial charge in [0.05, 0.1) is 11.9 Å². The van der Waals surface area contributed by atoms with Crippen molar-refractivity contribution in [1.29, 1.82) is 0 Å². The number of nitrogens with two attached hydrogens (primary N) is 1. The van der Waals surface area contributed by atoms with Crippen molar-refractivity contribution in [3.63, 3.8) is 0 Å². The van der Waals surface area contributed by atoms with Gasteiger partial charge < -0.3 is 11.1 Å². The highest BCUT2D eigenvalue weighted by Gasteiger charge is 2.14. The number of nitrogens with zero attached hydrogens (tertiary/aromatic N) is 3. The summed E-state index contributed by atoms with van der Waals surface area (Å²) >= 11 is 0. The van der Waals surface area contributed by atoms with E-state index in [2.05, 4.69) is 41.6 Å². The Morgan fingerprint density at radius 3 is 2.33 bits per heavy atom. The van der Waals surface area contributed by atoms with Crippen molar-refractivity contribution in [3.8, 4) is 5.69 Å². The number of aromatic nitrogens is 3. The lowest BCUT2D eigenvalue weighted by Gasteiger charge is -2.14. The van der Waals surface area contributed by atoms with Crippen LogP contribution in [-0.2, 0) is 0 Å². The fourth-order valence-corrected chi connectivity index (χ4v) is 2.61. The molecule has 3 aromatic rings. The number of para-hydroxylation sites is 1. The average Bonchev–Trinajstić information content (AvgIpc) is 3.17. The first-order chi connectivity index (χ1) is 12.5. The van der Waals surface area contributed by atoms with Crippen molar-refractivity contribution in [2.45, 2.75) is 25.8 Å². The number of benzene rings is 2. The molecule has 0 spiro atoms. The van der Waals surface area contributed by atoms with Gasteiger partial charge in [-0.2, -0.15) is 0 Å². The first-order valence-corrected chi connectivity index (χ1v) is 8.66. The van der Waals surface area contributed by atoms with E-state index in [1.807, 2.05) is 42.5 Å². The molecule has 6 nitrogen and oxygen atoms in total. The Balaban J connectivity index is 0.00000261. The Bertz CT molecular complexity index is 862. The maximum absolute atomic E-state index is 12.3. The van der Waals surface area contributed by atoms with Crippen molar-refractivity contribution < 1.29 is 4.79 Å². The number of hydrogen-bond donors (Lipinski definition) is 2. The van der Waals surface area contributed by atoms with Crippen molar-refractivity contribution in [2.24, 2.45) is 5.73 Å². The summed E-state index contributed by atoms with van der Waals surface area (Å²) in [5.74, 6) is 0.189. The minimum atomic E-state index is -0.290. The molecule has 3 rings (SSSR count). The average molecular weight is 386 g/mol. The summed E-state index contributed by atoms with van der Waals surface area (Å²) in [6.45, 7) is 4.63. The van der Waals surface area contributed by atoms with Crippen LogP contribution in [0.25, 0.3) is 5.69 Å². The minimum Gasteiger partial charge on any atom is -0.349 e. The van der Waals surface area contributed by atoms with Gasteiger partial charge >= 0.3 is 0 Å². The summed E-state index contributed by atoms with van der Waals surface area (Å²) in [5, 5.41) is 10.7. The van der Waals surface area contributed by atoms with Crippen molar-refractivity contribution in [3.05, 3.63) is 77.6 Å². The van der Waals surface area contributed by atoms with Gasteiger partial charge in [0.1, 0.15) is 0 Å². The van der Waals surface area contributed by atoms with E-state index in [9.17, 15) is 4.79 Å². The molecule has 0 bridgehead atoms. The second kappa shape index (κ2) is 9.30. The summed E-state index contributed by atoms with van der Waals surface area (Å²) < 4.78 is 1.57. The van der Waals surface area contributed by atoms with E-state index < -0.39 is 0 Å². The Labute approximate surface area is 165 Å². The highest BCUT2D eigenvalue weighted by molar-refractivity contribution is 5.91. The lowest BCUT2D eigenvalue weighted by Crippen LogP contribution is -2.32. The fourth-order valence-electron chi connectivity index (χ4n) is 2.61. The molecule has 0 radical (unpaired) electrons. The SMILES string of the molecule is CC(C)c1ccc(C(N)CNC(=O)c2cn(-c3ccccc3)nn2)cc1.Cl. The number of nitrogens with one attached hydrogen (secondary N) is 1. The molecule has 27 heavy (non-hydrogen) atoms. The molecule has 1 aromatic heterocycles. The van der Waals surface area contributed by atoms with Crippen LogP contribution in [0.2, 0.25) is 0 Å². The predicted octanol–water partition coefficient (Wildman–Crippen LogP) is 3.24. The third-order valence-electron chi connectivity index (χ3n) is 4.26. The van der Waals surface area contributed by atoms with Crippen LogP contribution in [-0.4, -0.2) is 27.4 Å². The van der Waals surface area contributed by atoms with E-state index >= 15 is 0 Å². The minimum absolute atomic E-state index is 0. The zero-order valence-electron chi connectivity index (χ0n) is 15.4. The van der Waals surface area contributed by atoms with E-state index in [-0.39, 0.29) is 30.0 Å². The van der Waals surface area contributed by atoms with Crippen LogP contribution in [0.1, 0.15) is 47.4 Å². The number of hydrogen-bond acceptors (Lipinski definition) is 4. The Morgan fingerprint density at radius 2 is 1.70 bits per heavy atom. The van der Waals surface area contributed by atoms with Gasteiger partial charge in [-0.25, -0.2) is 4.68 Å². The molecule has 3 N–H and O–H groups in total. The molecule has 1 atom stereocenters. The van der Waals surface area contributed by atoms with E-state index in [0.29, 0.717) is 12.5 Å². The predicted molar refractivity (Wildman–Crippen MR) is 108 cm³/mol. The number of rotatable bonds is 6. The van der Waals surface area contributed by atoms with Crippen molar-refractivity contribution in [2.75, 3.05) is 6.54 Å². The molecule has 0 aliphatic heterocycles. The van der Waals surface area contributed by atoms with Crippen molar-refractivity contribution in [1.82, 2.24) is 20.3 Å². The molecule has 0 saturated heterocycles. The molecular weight excluding hydrogens is 362 g/mol. The van der Waals surface area contributed by atoms with Gasteiger partial charge in [-0.05, 0) is 29.2 Å². The second-order valence-electron chi connectivity index (χ2n) is 6.52. The van der Waals surface area contributed by atoms with Gasteiger partial charge in [0.25, 0.3) is 5.91 Å². The first-order valence-electron chi connectivity index (χ1n) is 8.66. The van der Waals surface area contributed by atoms with Gasteiger partial charge in [0.2, 0.25) is 0 Å². The molecule has 1 amide bonds. The molecule has 1 heterocycles. The summed E-state index contributed by atoms with van der Waals surface area (Å²) in [6.07, 6.45) is 1.60. The summed E-state index contributed by atoms with van der Waals surface area (Å²) in [4.78, 5) is 12.3. The van der Waals surface area contributed by atoms with Gasteiger partial charge in [-0.3, -0.25) is 4.79 Å². The highest BCUT2D eigenvalue weighted by atomic mass is 35.5. The lowest BCUT2D eigenvalue weighted by molar-refractivity contribution is 0.0946. The molecule has 2 aromatic carbocycles. The molecule has 7 heteroatoms. The summed E-state index contributed by atoms with van der Waals surface area (Å²) in [7, 11) is 0. The van der Waals surface area contributed by atoms with Crippen LogP contribution < -0.4 is 11.1 Å². The summed E-state index contributed by atoms with van der Waals surface area (Å²) in [5.41, 5.74) is 9.55. The molecule has 0 fully saturated rings. The molecule has 0 aliphatic rings. The van der Waals surface area contributed by atoms with Crippen LogP contribution in [0, 0.1) is 0 Å². The first kappa shape index (κ1) is 20.6. The number of halogens is 1. The van der Waals surface area contributed by atoms with Gasteiger partial charge in [0, 0.05) is 12.6 Å². The van der Waals surface area contributed by atoms with Crippen LogP contribution in [0.15, 0.2) is 60.8 Å². The van der Waals surface area contributed by atoms with Crippen molar-refractivity contribution >= 4 is 18.3 Å². The molecule has 0 saturated carbocycles. The number of carbonyl (C=O) groups excluding carboxylic acids is 1. The third kappa shape index (κ3) is 5.15. The van der Waals surface area contributed by atoms with E-state index in [4.69, 9.17) is 5.73 Å². The Kier molecular flexibility index (Phi) is 7.10.